The largest absolute Gasteiger partial charge is 0.283 e. The average molecular weight is 251 g/mol. The molecule has 0 fully saturated rings. The summed E-state index contributed by atoms with van der Waals surface area (Å²) in [5.74, 6) is 0. The van der Waals surface area contributed by atoms with Crippen LogP contribution in [0.4, 0.5) is 0 Å². The fraction of sp³-hybridized carbons (Fsp3) is 0. The van der Waals surface area contributed by atoms with E-state index in [1.54, 1.807) is 9.12 Å². The Labute approximate surface area is 70.2 Å². The highest BCUT2D eigenvalue weighted by Gasteiger charge is 1.87. The standard InChI is InChI=1S/C6H6INS/c1-5-3-4-8(9-7)6(5)2/h3-4H,1-2H2. The van der Waals surface area contributed by atoms with Crippen LogP contribution in [0, 0.1) is 0 Å². The molecule has 0 saturated carbocycles. The third kappa shape index (κ3) is 1.32. The first kappa shape index (κ1) is 7.21. The van der Waals surface area contributed by atoms with E-state index < -0.39 is 0 Å². The van der Waals surface area contributed by atoms with Crippen LogP contribution >= 0.6 is 30.3 Å². The Morgan fingerprint density at radius 3 is 2.44 bits per heavy atom. The van der Waals surface area contributed by atoms with Crippen molar-refractivity contribution in [2.24, 2.45) is 0 Å². The van der Waals surface area contributed by atoms with Crippen molar-refractivity contribution >= 4 is 43.5 Å². The minimum absolute atomic E-state index is 0.981. The van der Waals surface area contributed by atoms with Gasteiger partial charge in [-0.3, -0.25) is 3.97 Å². The Morgan fingerprint density at radius 2 is 2.22 bits per heavy atom. The second-order valence-electron chi connectivity index (χ2n) is 1.68. The van der Waals surface area contributed by atoms with E-state index in [9.17, 15) is 0 Å². The molecule has 48 valence electrons. The van der Waals surface area contributed by atoms with Crippen molar-refractivity contribution in [1.29, 1.82) is 0 Å². The summed E-state index contributed by atoms with van der Waals surface area (Å²) < 4.78 is 1.98. The van der Waals surface area contributed by atoms with E-state index in [4.69, 9.17) is 0 Å². The van der Waals surface area contributed by atoms with Gasteiger partial charge in [-0.05, 0) is 11.3 Å². The Kier molecular flexibility index (Phi) is 2.23. The Hall–Kier alpha value is 0.100. The molecule has 1 aromatic rings. The summed E-state index contributed by atoms with van der Waals surface area (Å²) in [7, 11) is 1.60. The lowest BCUT2D eigenvalue weighted by Crippen LogP contribution is -2.22. The maximum atomic E-state index is 3.83. The summed E-state index contributed by atoms with van der Waals surface area (Å²) in [5, 5.41) is 1.98. The smallest absolute Gasteiger partial charge is 0.0520 e. The topological polar surface area (TPSA) is 4.93 Å². The predicted molar refractivity (Wildman–Crippen MR) is 51.7 cm³/mol. The van der Waals surface area contributed by atoms with Gasteiger partial charge in [0.25, 0.3) is 0 Å². The fourth-order valence-corrected chi connectivity index (χ4v) is 1.96. The van der Waals surface area contributed by atoms with E-state index >= 15 is 0 Å². The normalized spacial score (nSPS) is 9.89. The Balaban J connectivity index is 3.37. The zero-order chi connectivity index (χ0) is 6.85. The Bertz CT molecular complexity index is 290. The summed E-state index contributed by atoms with van der Waals surface area (Å²) in [6, 6.07) is 1.95. The van der Waals surface area contributed by atoms with Crippen LogP contribution in [0.3, 0.4) is 0 Å². The molecule has 0 amide bonds. The zero-order valence-corrected chi connectivity index (χ0v) is 7.78. The van der Waals surface area contributed by atoms with Gasteiger partial charge in [0, 0.05) is 36.5 Å². The van der Waals surface area contributed by atoms with Gasteiger partial charge in [-0.2, -0.15) is 0 Å². The lowest BCUT2D eigenvalue weighted by atomic mass is 10.5. The van der Waals surface area contributed by atoms with Gasteiger partial charge in [0.05, 0.1) is 5.35 Å². The molecule has 0 aliphatic carbocycles. The van der Waals surface area contributed by atoms with Crippen LogP contribution in [0.2, 0.25) is 0 Å². The molecule has 0 unspecified atom stereocenters. The molecule has 3 heteroatoms. The maximum absolute atomic E-state index is 3.83. The van der Waals surface area contributed by atoms with Crippen molar-refractivity contribution in [3.8, 4) is 0 Å². The minimum atomic E-state index is 0.981. The predicted octanol–water partition coefficient (Wildman–Crippen LogP) is 1.16. The number of hydrogen-bond donors (Lipinski definition) is 0. The van der Waals surface area contributed by atoms with Crippen LogP contribution in [-0.2, 0) is 0 Å². The second-order valence-corrected chi connectivity index (χ2v) is 3.40. The molecule has 0 aliphatic heterocycles. The van der Waals surface area contributed by atoms with E-state index in [2.05, 4.69) is 34.4 Å². The molecule has 0 N–H and O–H groups in total. The van der Waals surface area contributed by atoms with Crippen molar-refractivity contribution in [3.05, 3.63) is 22.8 Å². The van der Waals surface area contributed by atoms with E-state index in [0.717, 1.165) is 10.6 Å². The van der Waals surface area contributed by atoms with Crippen LogP contribution in [0.25, 0.3) is 13.2 Å². The van der Waals surface area contributed by atoms with Gasteiger partial charge in [-0.1, -0.05) is 13.2 Å². The minimum Gasteiger partial charge on any atom is -0.283 e. The average Bonchev–Trinajstić information content (AvgIpc) is 2.15. The summed E-state index contributed by atoms with van der Waals surface area (Å²) in [4.78, 5) is 0. The molecule has 0 saturated heterocycles. The molecule has 0 bridgehead atoms. The van der Waals surface area contributed by atoms with Gasteiger partial charge < -0.3 is 0 Å². The molecular weight excluding hydrogens is 245 g/mol. The quantitative estimate of drug-likeness (QED) is 0.678. The summed E-state index contributed by atoms with van der Waals surface area (Å²) >= 11 is 2.20. The summed E-state index contributed by atoms with van der Waals surface area (Å²) in [6.07, 6.45) is 1.96. The van der Waals surface area contributed by atoms with Crippen molar-refractivity contribution in [2.45, 2.75) is 0 Å². The Morgan fingerprint density at radius 1 is 1.56 bits per heavy atom. The van der Waals surface area contributed by atoms with Crippen molar-refractivity contribution in [3.63, 3.8) is 0 Å². The molecule has 0 atom stereocenters. The van der Waals surface area contributed by atoms with Crippen molar-refractivity contribution < 1.29 is 0 Å². The lowest BCUT2D eigenvalue weighted by molar-refractivity contribution is 1.23. The molecule has 0 spiro atoms. The van der Waals surface area contributed by atoms with E-state index in [1.165, 1.54) is 0 Å². The first-order chi connectivity index (χ1) is 4.25. The van der Waals surface area contributed by atoms with Crippen LogP contribution in [0.1, 0.15) is 0 Å². The number of rotatable bonds is 1. The maximum Gasteiger partial charge on any atom is 0.0520 e. The molecule has 0 radical (unpaired) electrons. The van der Waals surface area contributed by atoms with Gasteiger partial charge in [-0.15, -0.1) is 0 Å². The SMILES string of the molecule is C=c1ccn(SI)c1=C. The van der Waals surface area contributed by atoms with Crippen LogP contribution in [0.5, 0.6) is 0 Å². The highest BCUT2D eigenvalue weighted by atomic mass is 127. The molecule has 1 aromatic heterocycles. The molecule has 0 aromatic carbocycles. The van der Waals surface area contributed by atoms with E-state index in [1.807, 2.05) is 16.2 Å². The van der Waals surface area contributed by atoms with Gasteiger partial charge >= 0.3 is 0 Å². The summed E-state index contributed by atoms with van der Waals surface area (Å²) in [5.41, 5.74) is 0. The highest BCUT2D eigenvalue weighted by molar-refractivity contribution is 14.2. The van der Waals surface area contributed by atoms with E-state index in [0.29, 0.717) is 0 Å². The fourth-order valence-electron chi connectivity index (χ4n) is 0.550. The van der Waals surface area contributed by atoms with E-state index in [-0.39, 0.29) is 0 Å². The number of nitrogens with zero attached hydrogens (tertiary/aromatic N) is 1. The highest BCUT2D eigenvalue weighted by Crippen LogP contribution is 2.09. The lowest BCUT2D eigenvalue weighted by Gasteiger charge is -1.89. The van der Waals surface area contributed by atoms with Gasteiger partial charge in [0.1, 0.15) is 0 Å². The van der Waals surface area contributed by atoms with Crippen molar-refractivity contribution in [2.75, 3.05) is 0 Å². The third-order valence-corrected chi connectivity index (χ3v) is 2.89. The molecule has 9 heavy (non-hydrogen) atoms. The zero-order valence-electron chi connectivity index (χ0n) is 4.80. The van der Waals surface area contributed by atoms with Crippen LogP contribution in [0.15, 0.2) is 12.3 Å². The first-order valence-corrected chi connectivity index (χ1v) is 5.71. The van der Waals surface area contributed by atoms with Gasteiger partial charge in [0.15, 0.2) is 0 Å². The molecule has 1 rings (SSSR count). The molecule has 1 nitrogen and oxygen atoms in total. The van der Waals surface area contributed by atoms with Gasteiger partial charge in [0.2, 0.25) is 0 Å². The van der Waals surface area contributed by atoms with Crippen molar-refractivity contribution in [1.82, 2.24) is 3.97 Å². The second kappa shape index (κ2) is 2.79. The number of aromatic nitrogens is 1. The number of hydrogen-bond acceptors (Lipinski definition) is 1. The van der Waals surface area contributed by atoms with Crippen LogP contribution in [-0.4, -0.2) is 3.97 Å². The first-order valence-electron chi connectivity index (χ1n) is 2.40. The molecular formula is C6H6INS. The molecule has 0 aliphatic rings. The number of halogens is 1. The monoisotopic (exact) mass is 251 g/mol. The third-order valence-electron chi connectivity index (χ3n) is 1.12. The summed E-state index contributed by atoms with van der Waals surface area (Å²) in [6.45, 7) is 7.61. The van der Waals surface area contributed by atoms with Gasteiger partial charge in [-0.25, -0.2) is 0 Å². The van der Waals surface area contributed by atoms with Crippen LogP contribution < -0.4 is 10.6 Å². The molecule has 1 heterocycles.